The average molecular weight is 737 g/mol. The molecular formula is C20H43BPb2Si. The first-order valence-electron chi connectivity index (χ1n) is 10.6. The van der Waals surface area contributed by atoms with Crippen molar-refractivity contribution in [1.82, 2.24) is 0 Å². The predicted octanol–water partition coefficient (Wildman–Crippen LogP) is 7.30. The van der Waals surface area contributed by atoms with Gasteiger partial charge in [0.15, 0.2) is 0 Å². The Morgan fingerprint density at radius 2 is 1.33 bits per heavy atom. The third kappa shape index (κ3) is 5.68. The Morgan fingerprint density at radius 3 is 1.71 bits per heavy atom. The number of allylic oxidation sites excluding steroid dienone is 1. The predicted molar refractivity (Wildman–Crippen MR) is 123 cm³/mol. The van der Waals surface area contributed by atoms with E-state index in [4.69, 9.17) is 0 Å². The fraction of sp³-hybridized carbons (Fsp3) is 0.900. The molecule has 0 radical (unpaired) electrons. The molecule has 2 saturated heterocycles. The number of hydrogen-bond donors (Lipinski definition) is 0. The van der Waals surface area contributed by atoms with Crippen molar-refractivity contribution in [1.29, 1.82) is 0 Å². The molecule has 0 amide bonds. The molecule has 2 bridgehead atoms. The normalized spacial score (nSPS) is 26.4. The van der Waals surface area contributed by atoms with Gasteiger partial charge in [0, 0.05) is 0 Å². The van der Waals surface area contributed by atoms with E-state index in [1.807, 2.05) is 0 Å². The van der Waals surface area contributed by atoms with E-state index in [9.17, 15) is 0 Å². The van der Waals surface area contributed by atoms with Crippen molar-refractivity contribution in [2.75, 3.05) is 0 Å². The van der Waals surface area contributed by atoms with E-state index in [0.29, 0.717) is 0 Å². The van der Waals surface area contributed by atoms with E-state index < -0.39 is 50.4 Å². The summed E-state index contributed by atoms with van der Waals surface area (Å²) in [6.45, 7) is 8.88. The second-order valence-corrected chi connectivity index (χ2v) is 64.0. The minimum absolute atomic E-state index is 0.993. The van der Waals surface area contributed by atoms with Gasteiger partial charge in [-0.2, -0.15) is 0 Å². The Kier molecular flexibility index (Phi) is 7.46. The van der Waals surface area contributed by atoms with Crippen LogP contribution in [0, 0.1) is 5.92 Å². The Labute approximate surface area is 164 Å². The Balaban J connectivity index is 2.68. The SMILES string of the molecule is C[Si](C)(C)CB1C(=[C]([Pb]([CH3])([CH3])[CH3])[Pb]([CH3])([CH3])[CH3])C2CCCC1CCC2. The van der Waals surface area contributed by atoms with E-state index in [1.54, 1.807) is 18.8 Å². The van der Waals surface area contributed by atoms with Crippen LogP contribution in [-0.4, -0.2) is 57.1 Å². The average Bonchev–Trinajstić information content (AvgIpc) is 2.52. The van der Waals surface area contributed by atoms with Gasteiger partial charge in [-0.25, -0.2) is 0 Å². The maximum atomic E-state index is 2.75. The molecule has 2 heterocycles. The van der Waals surface area contributed by atoms with Crippen LogP contribution < -0.4 is 0 Å². The van der Waals surface area contributed by atoms with Crippen molar-refractivity contribution in [3.63, 3.8) is 0 Å². The molecule has 0 atom stereocenters. The summed E-state index contributed by atoms with van der Waals surface area (Å²) in [5.41, 5.74) is 2.15. The van der Waals surface area contributed by atoms with Gasteiger partial charge in [-0.1, -0.05) is 0 Å². The van der Waals surface area contributed by atoms with Gasteiger partial charge in [-0.3, -0.25) is 0 Å². The van der Waals surface area contributed by atoms with Crippen molar-refractivity contribution in [2.45, 2.75) is 96.8 Å². The summed E-state index contributed by atoms with van der Waals surface area (Å²) in [5.74, 6) is 3.62. The van der Waals surface area contributed by atoms with Crippen LogP contribution in [0.5, 0.6) is 0 Å². The van der Waals surface area contributed by atoms with Gasteiger partial charge in [0.05, 0.1) is 0 Å². The van der Waals surface area contributed by atoms with Gasteiger partial charge in [-0.15, -0.1) is 0 Å². The molecular weight excluding hydrogens is 694 g/mol. The topological polar surface area (TPSA) is 0 Å². The zero-order chi connectivity index (χ0) is 18.3. The monoisotopic (exact) mass is 738 g/mol. The summed E-state index contributed by atoms with van der Waals surface area (Å²) in [7, 11) is -1.02. The van der Waals surface area contributed by atoms with Gasteiger partial charge >= 0.3 is 166 Å². The van der Waals surface area contributed by atoms with Crippen LogP contribution in [0.25, 0.3) is 0 Å². The summed E-state index contributed by atoms with van der Waals surface area (Å²) in [6, 6.07) is 0. The first-order valence-corrected chi connectivity index (χ1v) is 41.5. The molecule has 0 spiro atoms. The molecule has 4 heteroatoms. The summed E-state index contributed by atoms with van der Waals surface area (Å²) >= 11 is -4.36. The van der Waals surface area contributed by atoms with Crippen LogP contribution in [0.2, 0.25) is 58.3 Å². The maximum absolute atomic E-state index is 2.75. The molecule has 0 unspecified atom stereocenters. The Hall–Kier alpha value is 1.87. The molecule has 0 N–H and O–H groups in total. The van der Waals surface area contributed by atoms with E-state index in [-0.39, 0.29) is 0 Å². The van der Waals surface area contributed by atoms with Gasteiger partial charge in [0.2, 0.25) is 0 Å². The second kappa shape index (κ2) is 8.08. The van der Waals surface area contributed by atoms with E-state index >= 15 is 0 Å². The number of hydrogen-bond acceptors (Lipinski definition) is 0. The second-order valence-electron chi connectivity index (χ2n) is 12.0. The quantitative estimate of drug-likeness (QED) is 0.266. The zero-order valence-electron chi connectivity index (χ0n) is 18.2. The molecule has 0 aromatic rings. The molecule has 2 aliphatic heterocycles. The third-order valence-electron chi connectivity index (χ3n) is 6.28. The van der Waals surface area contributed by atoms with Gasteiger partial charge in [0.1, 0.15) is 0 Å². The van der Waals surface area contributed by atoms with E-state index in [1.165, 1.54) is 25.7 Å². The molecule has 0 aromatic heterocycles. The number of rotatable bonds is 4. The number of fused-ring (bicyclic) bond motifs is 3. The molecule has 0 nitrogen and oxygen atoms in total. The minimum atomic E-state index is -2.18. The van der Waals surface area contributed by atoms with Crippen molar-refractivity contribution in [2.24, 2.45) is 5.92 Å². The summed E-state index contributed by atoms with van der Waals surface area (Å²) < 4.78 is 18.8. The third-order valence-corrected chi connectivity index (χ3v) is 73.0. The molecule has 24 heavy (non-hydrogen) atoms. The zero-order valence-corrected chi connectivity index (χ0v) is 27.0. The summed E-state index contributed by atoms with van der Waals surface area (Å²) in [4.78, 5) is 0. The molecule has 0 aliphatic carbocycles. The molecule has 2 fully saturated rings. The molecule has 0 saturated carbocycles. The first-order chi connectivity index (χ1) is 10.8. The van der Waals surface area contributed by atoms with Crippen LogP contribution in [-0.2, 0) is 0 Å². The molecule has 2 aliphatic rings. The summed E-state index contributed by atoms with van der Waals surface area (Å²) in [6.07, 6.45) is 9.21. The van der Waals surface area contributed by atoms with Gasteiger partial charge < -0.3 is 0 Å². The molecule has 2 rings (SSSR count). The van der Waals surface area contributed by atoms with Crippen LogP contribution in [0.4, 0.5) is 0 Å². The molecule has 0 aromatic carbocycles. The van der Waals surface area contributed by atoms with Crippen LogP contribution in [0.1, 0.15) is 38.5 Å². The van der Waals surface area contributed by atoms with Gasteiger partial charge in [0.25, 0.3) is 0 Å². The van der Waals surface area contributed by atoms with Crippen molar-refractivity contribution in [3.8, 4) is 0 Å². The fourth-order valence-corrected chi connectivity index (χ4v) is 103. The Morgan fingerprint density at radius 1 is 0.875 bits per heavy atom. The standard InChI is InChI=1S/C14H25BSi.6CH3.2Pb/c1-12-13-7-5-9-14(10-6-8-13)15(12)11-16(2,3)4;;;;;;;;/h13-14H,5-11H2,2-4H3;6*1H3;;. The van der Waals surface area contributed by atoms with Gasteiger partial charge in [-0.05, 0) is 0 Å². The fourth-order valence-electron chi connectivity index (χ4n) is 6.13. The van der Waals surface area contributed by atoms with Crippen molar-refractivity contribution < 1.29 is 0 Å². The molecule has 138 valence electrons. The van der Waals surface area contributed by atoms with Crippen LogP contribution in [0.3, 0.4) is 0 Å². The van der Waals surface area contributed by atoms with E-state index in [0.717, 1.165) is 18.4 Å². The summed E-state index contributed by atoms with van der Waals surface area (Å²) in [5, 5.41) is 0. The first kappa shape index (κ1) is 22.2. The van der Waals surface area contributed by atoms with Crippen molar-refractivity contribution in [3.05, 3.63) is 6.16 Å². The van der Waals surface area contributed by atoms with E-state index in [2.05, 4.69) is 52.7 Å². The Bertz CT molecular complexity index is 453. The van der Waals surface area contributed by atoms with Crippen LogP contribution >= 0.6 is 0 Å². The van der Waals surface area contributed by atoms with Crippen molar-refractivity contribution >= 4 is 57.1 Å². The van der Waals surface area contributed by atoms with Crippen LogP contribution in [0.15, 0.2) is 6.16 Å².